The summed E-state index contributed by atoms with van der Waals surface area (Å²) in [7, 11) is 4.77. The number of aryl methyl sites for hydroxylation is 1. The number of fused-ring (bicyclic) bond motifs is 3. The van der Waals surface area contributed by atoms with Gasteiger partial charge in [-0.3, -0.25) is 4.79 Å². The summed E-state index contributed by atoms with van der Waals surface area (Å²) in [5.74, 6) is 3.10. The molecule has 4 unspecified atom stereocenters. The molecule has 9 heteroatoms. The molecule has 0 aliphatic heterocycles. The van der Waals surface area contributed by atoms with Gasteiger partial charge in [0.2, 0.25) is 11.7 Å². The van der Waals surface area contributed by atoms with Crippen molar-refractivity contribution < 1.29 is 19.0 Å². The van der Waals surface area contributed by atoms with E-state index < -0.39 is 0 Å². The molecule has 0 radical (unpaired) electrons. The van der Waals surface area contributed by atoms with Crippen LogP contribution in [0.1, 0.15) is 23.4 Å². The Morgan fingerprint density at radius 1 is 1.12 bits per heavy atom. The molecule has 178 valence electrons. The first-order chi connectivity index (χ1) is 16.4. The number of hydrogen-bond acceptors (Lipinski definition) is 8. The number of anilines is 1. The van der Waals surface area contributed by atoms with E-state index in [1.807, 2.05) is 19.1 Å². The van der Waals surface area contributed by atoms with Gasteiger partial charge in [-0.1, -0.05) is 12.2 Å². The highest BCUT2D eigenvalue weighted by molar-refractivity contribution is 7.18. The molecule has 3 N–H and O–H groups in total. The van der Waals surface area contributed by atoms with E-state index in [1.54, 1.807) is 32.7 Å². The number of rotatable bonds is 8. The second kappa shape index (κ2) is 8.79. The first kappa shape index (κ1) is 22.5. The smallest absolute Gasteiger partial charge is 0.223 e. The van der Waals surface area contributed by atoms with Crippen molar-refractivity contribution in [3.63, 3.8) is 0 Å². The summed E-state index contributed by atoms with van der Waals surface area (Å²) in [4.78, 5) is 22.0. The zero-order valence-electron chi connectivity index (χ0n) is 19.6. The van der Waals surface area contributed by atoms with Gasteiger partial charge in [-0.15, -0.1) is 11.3 Å². The van der Waals surface area contributed by atoms with Gasteiger partial charge in [-0.05, 0) is 53.8 Å². The van der Waals surface area contributed by atoms with Gasteiger partial charge in [0.1, 0.15) is 11.6 Å². The first-order valence-corrected chi connectivity index (χ1v) is 12.1. The Morgan fingerprint density at radius 2 is 1.82 bits per heavy atom. The van der Waals surface area contributed by atoms with Crippen molar-refractivity contribution in [3.8, 4) is 17.2 Å². The number of amides is 1. The number of primary amides is 1. The third kappa shape index (κ3) is 3.73. The molecular formula is C25H28N4O4S. The molecule has 2 aliphatic carbocycles. The van der Waals surface area contributed by atoms with E-state index in [4.69, 9.17) is 29.9 Å². The highest BCUT2D eigenvalue weighted by Crippen LogP contribution is 2.45. The molecule has 4 atom stereocenters. The Kier molecular flexibility index (Phi) is 5.81. The molecule has 2 bridgehead atoms. The monoisotopic (exact) mass is 480 g/mol. The largest absolute Gasteiger partial charge is 0.493 e. The van der Waals surface area contributed by atoms with Crippen LogP contribution in [0.15, 0.2) is 29.7 Å². The maximum absolute atomic E-state index is 12.2. The maximum atomic E-state index is 12.2. The van der Waals surface area contributed by atoms with E-state index in [0.717, 1.165) is 33.6 Å². The van der Waals surface area contributed by atoms with E-state index in [1.165, 1.54) is 0 Å². The van der Waals surface area contributed by atoms with Crippen molar-refractivity contribution in [2.75, 3.05) is 26.6 Å². The Labute approximate surface area is 202 Å². The van der Waals surface area contributed by atoms with E-state index in [2.05, 4.69) is 22.8 Å². The van der Waals surface area contributed by atoms with Crippen LogP contribution in [0.2, 0.25) is 0 Å². The number of hydrogen-bond donors (Lipinski definition) is 2. The lowest BCUT2D eigenvalue weighted by Crippen LogP contribution is -2.41. The molecule has 1 fully saturated rings. The van der Waals surface area contributed by atoms with Gasteiger partial charge in [0.25, 0.3) is 0 Å². The first-order valence-electron chi connectivity index (χ1n) is 11.2. The third-order valence-corrected chi connectivity index (χ3v) is 7.91. The number of carbonyl (C=O) groups excluding carboxylic acids is 1. The van der Waals surface area contributed by atoms with Crippen molar-refractivity contribution in [1.82, 2.24) is 9.97 Å². The van der Waals surface area contributed by atoms with Crippen LogP contribution in [0.25, 0.3) is 10.2 Å². The fourth-order valence-corrected chi connectivity index (χ4v) is 6.18. The molecular weight excluding hydrogens is 452 g/mol. The average molecular weight is 481 g/mol. The molecule has 0 saturated heterocycles. The number of benzene rings is 1. The fourth-order valence-electron chi connectivity index (χ4n) is 5.24. The van der Waals surface area contributed by atoms with Gasteiger partial charge < -0.3 is 25.3 Å². The van der Waals surface area contributed by atoms with Gasteiger partial charge in [0.15, 0.2) is 11.5 Å². The van der Waals surface area contributed by atoms with Crippen molar-refractivity contribution in [1.29, 1.82) is 0 Å². The van der Waals surface area contributed by atoms with E-state index in [0.29, 0.717) is 29.5 Å². The standard InChI is InChI=1S/C25H28N4O4S/c1-12-11-34-23-20(12)27-18(9-13-7-16(31-2)22(33-4)17(8-13)32-3)28-25(23)29-21-15-6-5-14(10-15)19(21)24(26)30/h5-8,11,14-15,19,21H,9-10H2,1-4H3,(H2,26,30)(H,27,28,29). The number of nitrogens with two attached hydrogens (primary N) is 1. The highest BCUT2D eigenvalue weighted by atomic mass is 32.1. The molecule has 5 rings (SSSR count). The number of methoxy groups -OCH3 is 3. The van der Waals surface area contributed by atoms with Gasteiger partial charge in [-0.2, -0.15) is 0 Å². The van der Waals surface area contributed by atoms with Crippen LogP contribution in [0.5, 0.6) is 17.2 Å². The molecule has 3 aromatic rings. The minimum atomic E-state index is -0.264. The minimum Gasteiger partial charge on any atom is -0.493 e. The number of thiophene rings is 1. The lowest BCUT2D eigenvalue weighted by molar-refractivity contribution is -0.122. The predicted octanol–water partition coefficient (Wildman–Crippen LogP) is 3.70. The van der Waals surface area contributed by atoms with Crippen LogP contribution in [0.3, 0.4) is 0 Å². The van der Waals surface area contributed by atoms with Crippen LogP contribution < -0.4 is 25.3 Å². The van der Waals surface area contributed by atoms with Gasteiger partial charge >= 0.3 is 0 Å². The second-order valence-corrected chi connectivity index (χ2v) is 9.72. The third-order valence-electron chi connectivity index (χ3n) is 6.82. The van der Waals surface area contributed by atoms with Crippen LogP contribution in [-0.4, -0.2) is 43.2 Å². The number of nitrogens with zero attached hydrogens (tertiary/aromatic N) is 2. The molecule has 8 nitrogen and oxygen atoms in total. The summed E-state index contributed by atoms with van der Waals surface area (Å²) in [6.45, 7) is 2.05. The minimum absolute atomic E-state index is 0.0676. The molecule has 34 heavy (non-hydrogen) atoms. The van der Waals surface area contributed by atoms with Crippen molar-refractivity contribution in [3.05, 3.63) is 46.6 Å². The van der Waals surface area contributed by atoms with Crippen LogP contribution in [0, 0.1) is 24.7 Å². The zero-order valence-corrected chi connectivity index (χ0v) is 20.4. The van der Waals surface area contributed by atoms with Crippen molar-refractivity contribution >= 4 is 33.3 Å². The van der Waals surface area contributed by atoms with E-state index in [9.17, 15) is 4.79 Å². The van der Waals surface area contributed by atoms with E-state index >= 15 is 0 Å². The van der Waals surface area contributed by atoms with Crippen LogP contribution >= 0.6 is 11.3 Å². The molecule has 2 heterocycles. The summed E-state index contributed by atoms with van der Waals surface area (Å²) < 4.78 is 17.4. The number of aromatic nitrogens is 2. The lowest BCUT2D eigenvalue weighted by Gasteiger charge is -2.27. The van der Waals surface area contributed by atoms with Crippen LogP contribution in [-0.2, 0) is 11.2 Å². The molecule has 0 spiro atoms. The SMILES string of the molecule is COc1cc(Cc2nc(NC3C4C=CC(C4)C3C(N)=O)c3scc(C)c3n2)cc(OC)c1OC. The van der Waals surface area contributed by atoms with Gasteiger partial charge in [0, 0.05) is 12.5 Å². The maximum Gasteiger partial charge on any atom is 0.223 e. The van der Waals surface area contributed by atoms with Gasteiger partial charge in [-0.25, -0.2) is 9.97 Å². The number of carbonyl (C=O) groups is 1. The normalized spacial score (nSPS) is 22.8. The summed E-state index contributed by atoms with van der Waals surface area (Å²) in [6.07, 6.45) is 5.74. The summed E-state index contributed by atoms with van der Waals surface area (Å²) in [5.41, 5.74) is 8.72. The lowest BCUT2D eigenvalue weighted by atomic mass is 9.88. The second-order valence-electron chi connectivity index (χ2n) is 8.84. The van der Waals surface area contributed by atoms with Crippen molar-refractivity contribution in [2.45, 2.75) is 25.8 Å². The molecule has 1 saturated carbocycles. The molecule has 1 amide bonds. The molecule has 2 aromatic heterocycles. The Hall–Kier alpha value is -3.33. The Balaban J connectivity index is 1.52. The van der Waals surface area contributed by atoms with Crippen molar-refractivity contribution in [2.24, 2.45) is 23.5 Å². The highest BCUT2D eigenvalue weighted by Gasteiger charge is 2.47. The quantitative estimate of drug-likeness (QED) is 0.473. The number of nitrogens with one attached hydrogen (secondary N) is 1. The Morgan fingerprint density at radius 3 is 2.47 bits per heavy atom. The molecule has 1 aromatic carbocycles. The number of allylic oxidation sites excluding steroid dienone is 1. The summed E-state index contributed by atoms with van der Waals surface area (Å²) in [5, 5.41) is 5.67. The Bertz CT molecular complexity index is 1260. The predicted molar refractivity (Wildman–Crippen MR) is 132 cm³/mol. The number of ether oxygens (including phenoxy) is 3. The summed E-state index contributed by atoms with van der Waals surface area (Å²) >= 11 is 1.61. The summed E-state index contributed by atoms with van der Waals surface area (Å²) in [6, 6.07) is 3.75. The van der Waals surface area contributed by atoms with Gasteiger partial charge in [0.05, 0.1) is 37.5 Å². The fraction of sp³-hybridized carbons (Fsp3) is 0.400. The van der Waals surface area contributed by atoms with Crippen LogP contribution in [0.4, 0.5) is 5.82 Å². The van der Waals surface area contributed by atoms with E-state index in [-0.39, 0.29) is 29.7 Å². The average Bonchev–Trinajstić information content (AvgIpc) is 3.54. The molecule has 2 aliphatic rings. The zero-order chi connectivity index (χ0) is 24.0. The topological polar surface area (TPSA) is 109 Å².